The number of rotatable bonds is 1. The third-order valence-corrected chi connectivity index (χ3v) is 3.64. The van der Waals surface area contributed by atoms with Crippen molar-refractivity contribution in [3.05, 3.63) is 28.7 Å². The number of hydrogen-bond acceptors (Lipinski definition) is 3. The van der Waals surface area contributed by atoms with Crippen molar-refractivity contribution in [3.63, 3.8) is 0 Å². The Hall–Kier alpha value is -1.42. The summed E-state index contributed by atoms with van der Waals surface area (Å²) < 4.78 is 1.75. The fourth-order valence-corrected chi connectivity index (χ4v) is 2.66. The summed E-state index contributed by atoms with van der Waals surface area (Å²) in [7, 11) is 1.88. The van der Waals surface area contributed by atoms with Gasteiger partial charge in [-0.2, -0.15) is 5.10 Å². The van der Waals surface area contributed by atoms with E-state index >= 15 is 0 Å². The van der Waals surface area contributed by atoms with Gasteiger partial charge in [0.1, 0.15) is 10.8 Å². The Morgan fingerprint density at radius 3 is 2.78 bits per heavy atom. The molecule has 2 heterocycles. The molecule has 0 radical (unpaired) electrons. The van der Waals surface area contributed by atoms with E-state index in [4.69, 9.17) is 11.6 Å². The lowest BCUT2D eigenvalue weighted by Crippen LogP contribution is -2.02. The molecule has 0 spiro atoms. The van der Waals surface area contributed by atoms with Crippen LogP contribution in [0, 0.1) is 0 Å². The van der Waals surface area contributed by atoms with Crippen LogP contribution in [0.4, 0.5) is 0 Å². The molecule has 0 N–H and O–H groups in total. The summed E-state index contributed by atoms with van der Waals surface area (Å²) in [5.41, 5.74) is 3.02. The maximum Gasteiger partial charge on any atom is 0.181 e. The fourth-order valence-electron chi connectivity index (χ4n) is 2.37. The van der Waals surface area contributed by atoms with Gasteiger partial charge < -0.3 is 0 Å². The monoisotopic (exact) mass is 262 g/mol. The number of hydrogen-bond donors (Lipinski definition) is 0. The standard InChI is InChI=1S/C13H15ClN4/c1-18-8-7-11(17-18)13-15-10-6-4-2-3-5-9(10)12(14)16-13/h7-8H,2-6H2,1H3. The van der Waals surface area contributed by atoms with Crippen molar-refractivity contribution in [1.29, 1.82) is 0 Å². The first-order valence-electron chi connectivity index (χ1n) is 6.29. The highest BCUT2D eigenvalue weighted by Crippen LogP contribution is 2.26. The van der Waals surface area contributed by atoms with E-state index < -0.39 is 0 Å². The highest BCUT2D eigenvalue weighted by molar-refractivity contribution is 6.30. The van der Waals surface area contributed by atoms with E-state index in [1.165, 1.54) is 19.3 Å². The summed E-state index contributed by atoms with van der Waals surface area (Å²) in [5.74, 6) is 0.640. The van der Waals surface area contributed by atoms with E-state index in [0.29, 0.717) is 11.0 Å². The Kier molecular flexibility index (Phi) is 3.04. The lowest BCUT2D eigenvalue weighted by atomic mass is 10.1. The highest BCUT2D eigenvalue weighted by atomic mass is 35.5. The van der Waals surface area contributed by atoms with Crippen molar-refractivity contribution >= 4 is 11.6 Å². The van der Waals surface area contributed by atoms with Gasteiger partial charge in [0.25, 0.3) is 0 Å². The maximum absolute atomic E-state index is 6.29. The molecule has 0 atom stereocenters. The third kappa shape index (κ3) is 2.12. The van der Waals surface area contributed by atoms with Crippen molar-refractivity contribution in [1.82, 2.24) is 19.7 Å². The van der Waals surface area contributed by atoms with E-state index in [-0.39, 0.29) is 0 Å². The minimum Gasteiger partial charge on any atom is -0.275 e. The summed E-state index contributed by atoms with van der Waals surface area (Å²) >= 11 is 6.29. The molecule has 3 rings (SSSR count). The largest absolute Gasteiger partial charge is 0.275 e. The SMILES string of the molecule is Cn1ccc(-c2nc(Cl)c3c(n2)CCCCC3)n1. The van der Waals surface area contributed by atoms with Crippen molar-refractivity contribution < 1.29 is 0 Å². The molecule has 0 aliphatic heterocycles. The minimum absolute atomic E-state index is 0.600. The molecule has 0 saturated carbocycles. The molecular formula is C13H15ClN4. The molecule has 1 aliphatic carbocycles. The molecule has 0 aromatic carbocycles. The molecule has 0 saturated heterocycles. The van der Waals surface area contributed by atoms with Crippen LogP contribution >= 0.6 is 11.6 Å². The van der Waals surface area contributed by atoms with Gasteiger partial charge in [-0.3, -0.25) is 4.68 Å². The zero-order valence-corrected chi connectivity index (χ0v) is 11.1. The maximum atomic E-state index is 6.29. The normalized spacial score (nSPS) is 15.2. The highest BCUT2D eigenvalue weighted by Gasteiger charge is 2.17. The van der Waals surface area contributed by atoms with Crippen molar-refractivity contribution in [3.8, 4) is 11.5 Å². The van der Waals surface area contributed by atoms with Gasteiger partial charge in [0.15, 0.2) is 5.82 Å². The lowest BCUT2D eigenvalue weighted by Gasteiger charge is -2.08. The average molecular weight is 263 g/mol. The van der Waals surface area contributed by atoms with Gasteiger partial charge in [0.2, 0.25) is 0 Å². The first-order valence-corrected chi connectivity index (χ1v) is 6.67. The minimum atomic E-state index is 0.600. The van der Waals surface area contributed by atoms with Gasteiger partial charge in [-0.25, -0.2) is 9.97 Å². The topological polar surface area (TPSA) is 43.6 Å². The Morgan fingerprint density at radius 2 is 2.00 bits per heavy atom. The number of aromatic nitrogens is 4. The molecular weight excluding hydrogens is 248 g/mol. The zero-order valence-electron chi connectivity index (χ0n) is 10.4. The molecule has 0 bridgehead atoms. The van der Waals surface area contributed by atoms with Crippen LogP contribution in [0.1, 0.15) is 30.5 Å². The molecule has 94 valence electrons. The summed E-state index contributed by atoms with van der Waals surface area (Å²) in [6.45, 7) is 0. The van der Waals surface area contributed by atoms with Gasteiger partial charge >= 0.3 is 0 Å². The van der Waals surface area contributed by atoms with Crippen LogP contribution in [0.25, 0.3) is 11.5 Å². The van der Waals surface area contributed by atoms with E-state index in [1.54, 1.807) is 4.68 Å². The van der Waals surface area contributed by atoms with E-state index in [2.05, 4.69) is 15.1 Å². The zero-order chi connectivity index (χ0) is 12.5. The molecule has 0 amide bonds. The Balaban J connectivity index is 2.07. The first-order chi connectivity index (χ1) is 8.74. The Labute approximate surface area is 111 Å². The molecule has 1 aliphatic rings. The molecule has 0 fully saturated rings. The van der Waals surface area contributed by atoms with E-state index in [1.807, 2.05) is 19.3 Å². The fraction of sp³-hybridized carbons (Fsp3) is 0.462. The van der Waals surface area contributed by atoms with Crippen LogP contribution in [0.5, 0.6) is 0 Å². The predicted octanol–water partition coefficient (Wildman–Crippen LogP) is 2.80. The second kappa shape index (κ2) is 4.69. The van der Waals surface area contributed by atoms with Crippen LogP contribution in [-0.4, -0.2) is 19.7 Å². The van der Waals surface area contributed by atoms with Crippen LogP contribution < -0.4 is 0 Å². The predicted molar refractivity (Wildman–Crippen MR) is 70.5 cm³/mol. The average Bonchev–Trinajstić information content (AvgIpc) is 2.63. The number of fused-ring (bicyclic) bond motifs is 1. The van der Waals surface area contributed by atoms with Crippen LogP contribution in [-0.2, 0) is 19.9 Å². The number of nitrogens with zero attached hydrogens (tertiary/aromatic N) is 4. The summed E-state index contributed by atoms with van der Waals surface area (Å²) in [6, 6.07) is 1.91. The van der Waals surface area contributed by atoms with E-state index in [0.717, 1.165) is 29.8 Å². The Morgan fingerprint density at radius 1 is 1.17 bits per heavy atom. The second-order valence-electron chi connectivity index (χ2n) is 4.70. The van der Waals surface area contributed by atoms with Gasteiger partial charge in [-0.1, -0.05) is 18.0 Å². The molecule has 0 unspecified atom stereocenters. The smallest absolute Gasteiger partial charge is 0.181 e. The molecule has 5 heteroatoms. The van der Waals surface area contributed by atoms with E-state index in [9.17, 15) is 0 Å². The van der Waals surface area contributed by atoms with Crippen molar-refractivity contribution in [2.45, 2.75) is 32.1 Å². The van der Waals surface area contributed by atoms with Crippen LogP contribution in [0.2, 0.25) is 5.15 Å². The number of halogens is 1. The summed E-state index contributed by atoms with van der Waals surface area (Å²) in [4.78, 5) is 9.04. The molecule has 18 heavy (non-hydrogen) atoms. The van der Waals surface area contributed by atoms with Gasteiger partial charge in [-0.15, -0.1) is 0 Å². The lowest BCUT2D eigenvalue weighted by molar-refractivity contribution is 0.708. The van der Waals surface area contributed by atoms with Crippen molar-refractivity contribution in [2.24, 2.45) is 7.05 Å². The quantitative estimate of drug-likeness (QED) is 0.586. The van der Waals surface area contributed by atoms with Gasteiger partial charge in [0, 0.05) is 24.5 Å². The summed E-state index contributed by atoms with van der Waals surface area (Å²) in [6.07, 6.45) is 7.49. The first kappa shape index (κ1) is 11.7. The Bertz CT molecular complexity index is 576. The summed E-state index contributed by atoms with van der Waals surface area (Å²) in [5, 5.41) is 4.93. The van der Waals surface area contributed by atoms with Crippen LogP contribution in [0.15, 0.2) is 12.3 Å². The molecule has 4 nitrogen and oxygen atoms in total. The molecule has 2 aromatic rings. The second-order valence-corrected chi connectivity index (χ2v) is 5.06. The van der Waals surface area contributed by atoms with Gasteiger partial charge in [-0.05, 0) is 31.7 Å². The number of aryl methyl sites for hydroxylation is 2. The third-order valence-electron chi connectivity index (χ3n) is 3.33. The van der Waals surface area contributed by atoms with Crippen molar-refractivity contribution in [2.75, 3.05) is 0 Å². The van der Waals surface area contributed by atoms with Crippen LogP contribution in [0.3, 0.4) is 0 Å². The van der Waals surface area contributed by atoms with Gasteiger partial charge in [0.05, 0.1) is 0 Å². The molecule has 2 aromatic heterocycles.